The topological polar surface area (TPSA) is 106 Å². The summed E-state index contributed by atoms with van der Waals surface area (Å²) in [6.07, 6.45) is 25.4. The van der Waals surface area contributed by atoms with E-state index in [0.717, 1.165) is 40.0 Å². The Balaban J connectivity index is 0.000000827. The van der Waals surface area contributed by atoms with Gasteiger partial charge in [-0.15, -0.1) is 0 Å². The monoisotopic (exact) mass is 712 g/mol. The van der Waals surface area contributed by atoms with Crippen molar-refractivity contribution in [2.75, 3.05) is 36.0 Å². The van der Waals surface area contributed by atoms with Gasteiger partial charge in [-0.25, -0.2) is 0 Å². The van der Waals surface area contributed by atoms with Gasteiger partial charge in [-0.05, 0) is 63.8 Å². The third-order valence-electron chi connectivity index (χ3n) is 9.63. The van der Waals surface area contributed by atoms with Crippen LogP contribution in [0.2, 0.25) is 0 Å². The number of allylic oxidation sites excluding steroid dienone is 4. The maximum Gasteiger partial charge on any atom is 0.300 e. The Bertz CT molecular complexity index is 1400. The fourth-order valence-electron chi connectivity index (χ4n) is 7.08. The third-order valence-corrected chi connectivity index (χ3v) is 9.63. The predicted octanol–water partition coefficient (Wildman–Crippen LogP) is 10.8. The van der Waals surface area contributed by atoms with Gasteiger partial charge in [0.1, 0.15) is 0 Å². The second kappa shape index (κ2) is 24.1. The molecule has 52 heavy (non-hydrogen) atoms. The number of hydrogen-bond donors (Lipinski definition) is 2. The summed E-state index contributed by atoms with van der Waals surface area (Å²) in [6.45, 7) is 10.8. The molecule has 0 spiro atoms. The minimum absolute atomic E-state index is 0.833. The van der Waals surface area contributed by atoms with Gasteiger partial charge in [0, 0.05) is 62.5 Å². The molecule has 0 aliphatic carbocycles. The number of aliphatic carboxylic acids is 2. The lowest BCUT2D eigenvalue weighted by molar-refractivity contribution is -0.135. The number of para-hydroxylation sites is 2. The van der Waals surface area contributed by atoms with Crippen molar-refractivity contribution in [3.05, 3.63) is 83.2 Å². The summed E-state index contributed by atoms with van der Waals surface area (Å²) in [7, 11) is 0. The van der Waals surface area contributed by atoms with Gasteiger partial charge in [-0.2, -0.15) is 0 Å². The zero-order valence-corrected chi connectivity index (χ0v) is 32.4. The second-order valence-corrected chi connectivity index (χ2v) is 14.1. The highest BCUT2D eigenvalue weighted by Gasteiger charge is 2.21. The van der Waals surface area contributed by atoms with Gasteiger partial charge in [-0.1, -0.05) is 113 Å². The summed E-state index contributed by atoms with van der Waals surface area (Å²) in [5.41, 5.74) is 10.3. The Labute approximate surface area is 313 Å². The van der Waals surface area contributed by atoms with E-state index in [4.69, 9.17) is 29.8 Å². The van der Waals surface area contributed by atoms with Gasteiger partial charge in [-0.3, -0.25) is 19.6 Å². The van der Waals surface area contributed by atoms with E-state index >= 15 is 0 Å². The molecule has 2 N–H and O–H groups in total. The fourth-order valence-corrected chi connectivity index (χ4v) is 7.08. The van der Waals surface area contributed by atoms with E-state index in [1.807, 2.05) is 0 Å². The van der Waals surface area contributed by atoms with Crippen molar-refractivity contribution in [1.82, 2.24) is 0 Å². The Morgan fingerprint density at radius 3 is 1.13 bits per heavy atom. The molecule has 4 bridgehead atoms. The minimum Gasteiger partial charge on any atom is -0.481 e. The molecule has 0 aromatic heterocycles. The van der Waals surface area contributed by atoms with Crippen molar-refractivity contribution in [2.24, 2.45) is 9.98 Å². The van der Waals surface area contributed by atoms with E-state index in [1.165, 1.54) is 148 Å². The molecule has 0 unspecified atom stereocenters. The van der Waals surface area contributed by atoms with Crippen molar-refractivity contribution in [3.63, 3.8) is 0 Å². The lowest BCUT2D eigenvalue weighted by Gasteiger charge is -2.32. The maximum atomic E-state index is 9.00. The van der Waals surface area contributed by atoms with Crippen LogP contribution in [0.3, 0.4) is 0 Å². The number of anilines is 2. The maximum absolute atomic E-state index is 9.00. The first kappa shape index (κ1) is 42.2. The van der Waals surface area contributed by atoms with Crippen LogP contribution in [-0.4, -0.2) is 59.8 Å². The van der Waals surface area contributed by atoms with Crippen molar-refractivity contribution in [3.8, 4) is 0 Å². The first-order valence-corrected chi connectivity index (χ1v) is 19.8. The number of carbonyl (C=O) groups is 2. The quantitative estimate of drug-likeness (QED) is 0.282. The van der Waals surface area contributed by atoms with Crippen LogP contribution in [-0.2, 0) is 9.59 Å². The first-order chi connectivity index (χ1) is 25.2. The molecule has 2 aromatic rings. The van der Waals surface area contributed by atoms with Crippen LogP contribution in [0.4, 0.5) is 11.4 Å². The molecule has 0 atom stereocenters. The molecule has 7 rings (SSSR count). The molecule has 5 aliphatic rings. The highest BCUT2D eigenvalue weighted by molar-refractivity contribution is 6.15. The second-order valence-electron chi connectivity index (χ2n) is 14.1. The van der Waals surface area contributed by atoms with E-state index < -0.39 is 11.9 Å². The number of rotatable bonds is 0. The average Bonchev–Trinajstić information content (AvgIpc) is 3.10. The van der Waals surface area contributed by atoms with Crippen molar-refractivity contribution in [1.29, 1.82) is 0 Å². The number of carboxylic acid groups (broad SMARTS) is 2. The molecule has 0 radical (unpaired) electrons. The molecule has 0 amide bonds. The van der Waals surface area contributed by atoms with Crippen LogP contribution in [0.1, 0.15) is 142 Å². The highest BCUT2D eigenvalue weighted by atomic mass is 16.4. The Morgan fingerprint density at radius 2 is 0.788 bits per heavy atom. The Hall–Kier alpha value is -4.20. The minimum atomic E-state index is -0.833. The normalized spacial score (nSPS) is 18.3. The third kappa shape index (κ3) is 15.2. The van der Waals surface area contributed by atoms with E-state index in [9.17, 15) is 0 Å². The van der Waals surface area contributed by atoms with Crippen LogP contribution >= 0.6 is 0 Å². The molecule has 5 heterocycles. The molecule has 2 aromatic carbocycles. The molecule has 0 saturated carbocycles. The summed E-state index contributed by atoms with van der Waals surface area (Å²) in [5.74, 6) is -1.67. The zero-order valence-electron chi connectivity index (χ0n) is 32.4. The Kier molecular flexibility index (Phi) is 19.6. The lowest BCUT2D eigenvalue weighted by atomic mass is 10.00. The van der Waals surface area contributed by atoms with Crippen molar-refractivity contribution in [2.45, 2.75) is 130 Å². The standard InChI is InChI=1S/C40H56N4.2C2H4O2/c1-33-31-37-35-23-15-17-25-39(35)43(33)29-21-13-9-5-6-10-14-22-30-44-34(2)32-38(36-24-16-18-26-40(36)44)42-28-20-12-8-4-3-7-11-19-27-41-37;2*1-2(3)4/h15-18,23-26,31-32H,3-14,19-22,27-30H2,1-2H3;2*1H3,(H,3,4). The van der Waals surface area contributed by atoms with Crippen LogP contribution in [0, 0.1) is 0 Å². The van der Waals surface area contributed by atoms with Crippen LogP contribution < -0.4 is 9.80 Å². The molecule has 0 saturated heterocycles. The molecule has 8 nitrogen and oxygen atoms in total. The SMILES string of the molecule is CC(=O)O.CC(=O)O.CC1=CC2=NCCCCCCCCCCN=C3C=C(C)N(CCCCCCCCCCN1c1ccccc12)c1ccccc13. The summed E-state index contributed by atoms with van der Waals surface area (Å²) < 4.78 is 0. The van der Waals surface area contributed by atoms with E-state index in [2.05, 4.69) is 84.3 Å². The zero-order chi connectivity index (χ0) is 37.6. The first-order valence-electron chi connectivity index (χ1n) is 19.8. The summed E-state index contributed by atoms with van der Waals surface area (Å²) in [5, 5.41) is 14.8. The number of hydrogen-bond acceptors (Lipinski definition) is 6. The summed E-state index contributed by atoms with van der Waals surface area (Å²) >= 11 is 0. The van der Waals surface area contributed by atoms with Crippen LogP contribution in [0.5, 0.6) is 0 Å². The number of carboxylic acids is 2. The molecular formula is C44H64N4O4. The van der Waals surface area contributed by atoms with E-state index in [0.29, 0.717) is 0 Å². The van der Waals surface area contributed by atoms with Gasteiger partial charge in [0.25, 0.3) is 11.9 Å². The largest absolute Gasteiger partial charge is 0.481 e. The predicted molar refractivity (Wildman–Crippen MR) is 218 cm³/mol. The van der Waals surface area contributed by atoms with E-state index in [-0.39, 0.29) is 0 Å². The van der Waals surface area contributed by atoms with Crippen molar-refractivity contribution < 1.29 is 19.8 Å². The van der Waals surface area contributed by atoms with E-state index in [1.54, 1.807) is 0 Å². The molecule has 0 fully saturated rings. The van der Waals surface area contributed by atoms with Gasteiger partial charge < -0.3 is 20.0 Å². The van der Waals surface area contributed by atoms with Gasteiger partial charge >= 0.3 is 0 Å². The molecular weight excluding hydrogens is 649 g/mol. The smallest absolute Gasteiger partial charge is 0.300 e. The van der Waals surface area contributed by atoms with Crippen LogP contribution in [0.25, 0.3) is 0 Å². The highest BCUT2D eigenvalue weighted by Crippen LogP contribution is 2.32. The summed E-state index contributed by atoms with van der Waals surface area (Å²) in [4.78, 5) is 33.2. The summed E-state index contributed by atoms with van der Waals surface area (Å²) in [6, 6.07) is 17.8. The lowest BCUT2D eigenvalue weighted by Crippen LogP contribution is -2.28. The van der Waals surface area contributed by atoms with Crippen LogP contribution in [0.15, 0.2) is 82.1 Å². The number of nitrogens with zero attached hydrogens (tertiary/aromatic N) is 4. The van der Waals surface area contributed by atoms with Gasteiger partial charge in [0.2, 0.25) is 0 Å². The van der Waals surface area contributed by atoms with Gasteiger partial charge in [0.15, 0.2) is 0 Å². The fraction of sp³-hybridized carbons (Fsp3) is 0.545. The number of aliphatic imine (C=N–C) groups is 2. The van der Waals surface area contributed by atoms with Crippen molar-refractivity contribution >= 4 is 34.7 Å². The number of benzene rings is 2. The Morgan fingerprint density at radius 1 is 0.500 bits per heavy atom. The average molecular weight is 713 g/mol. The molecule has 8 heteroatoms. The van der Waals surface area contributed by atoms with Gasteiger partial charge in [0.05, 0.1) is 22.8 Å². The molecule has 284 valence electrons. The molecule has 5 aliphatic heterocycles.